The van der Waals surface area contributed by atoms with E-state index in [2.05, 4.69) is 6.07 Å². The van der Waals surface area contributed by atoms with Crippen molar-refractivity contribution in [3.8, 4) is 6.07 Å². The standard InChI is InChI=1S/C20H15N3O5S/c1-2-26-20(25)16-15(13-6-4-8-28-13)12(10-21)19-23(17(16)22)18(24)14(29-19)9-11-5-3-7-27-11/h3-9,15H,2,22H2,1H3. The van der Waals surface area contributed by atoms with Crippen molar-refractivity contribution >= 4 is 34.8 Å². The van der Waals surface area contributed by atoms with Crippen LogP contribution >= 0.6 is 11.3 Å². The molecule has 9 heteroatoms. The fourth-order valence-corrected chi connectivity index (χ4v) is 4.31. The highest BCUT2D eigenvalue weighted by atomic mass is 32.1. The second-order valence-electron chi connectivity index (χ2n) is 6.07. The van der Waals surface area contributed by atoms with Crippen molar-refractivity contribution in [3.05, 3.63) is 73.4 Å². The Bertz CT molecular complexity index is 1320. The van der Waals surface area contributed by atoms with Crippen LogP contribution in [0.15, 0.2) is 56.0 Å². The molecule has 2 N–H and O–H groups in total. The highest BCUT2D eigenvalue weighted by Gasteiger charge is 2.38. The van der Waals surface area contributed by atoms with E-state index < -0.39 is 17.4 Å². The Hall–Kier alpha value is -3.77. The second kappa shape index (κ2) is 7.33. The molecule has 4 heterocycles. The van der Waals surface area contributed by atoms with Gasteiger partial charge in [0, 0.05) is 6.08 Å². The number of esters is 1. The first-order valence-corrected chi connectivity index (χ1v) is 9.50. The molecule has 0 bridgehead atoms. The highest BCUT2D eigenvalue weighted by Crippen LogP contribution is 2.36. The SMILES string of the molecule is CCOC(=O)C1=C(N)n2c(sc(=Cc3ccco3)c2=O)=C(C#N)C1c1ccco1. The Kier molecular flexibility index (Phi) is 4.70. The van der Waals surface area contributed by atoms with Gasteiger partial charge in [0.15, 0.2) is 0 Å². The summed E-state index contributed by atoms with van der Waals surface area (Å²) in [4.78, 5) is 25.7. The first-order valence-electron chi connectivity index (χ1n) is 8.68. The van der Waals surface area contributed by atoms with Crippen molar-refractivity contribution in [2.24, 2.45) is 5.73 Å². The van der Waals surface area contributed by atoms with Crippen LogP contribution in [-0.2, 0) is 9.53 Å². The van der Waals surface area contributed by atoms with Crippen molar-refractivity contribution in [2.75, 3.05) is 6.61 Å². The number of carbonyl (C=O) groups excluding carboxylic acids is 1. The van der Waals surface area contributed by atoms with Crippen molar-refractivity contribution in [3.63, 3.8) is 0 Å². The normalized spacial score (nSPS) is 16.6. The molecule has 0 radical (unpaired) electrons. The van der Waals surface area contributed by atoms with Crippen LogP contribution in [0, 0.1) is 11.3 Å². The van der Waals surface area contributed by atoms with Crippen LogP contribution in [0.1, 0.15) is 24.4 Å². The van der Waals surface area contributed by atoms with E-state index in [1.54, 1.807) is 37.3 Å². The molecule has 146 valence electrons. The van der Waals surface area contributed by atoms with Gasteiger partial charge in [0.2, 0.25) is 0 Å². The lowest BCUT2D eigenvalue weighted by Crippen LogP contribution is -2.40. The molecule has 0 amide bonds. The maximum atomic E-state index is 13.0. The summed E-state index contributed by atoms with van der Waals surface area (Å²) in [5, 5.41) is 9.90. The molecular weight excluding hydrogens is 394 g/mol. The van der Waals surface area contributed by atoms with Crippen LogP contribution in [-0.4, -0.2) is 17.1 Å². The molecule has 0 aromatic carbocycles. The van der Waals surface area contributed by atoms with E-state index in [1.165, 1.54) is 17.1 Å². The average Bonchev–Trinajstić information content (AvgIpc) is 3.45. The zero-order valence-electron chi connectivity index (χ0n) is 15.2. The number of hydrogen-bond donors (Lipinski definition) is 1. The molecule has 1 aliphatic heterocycles. The van der Waals surface area contributed by atoms with Gasteiger partial charge >= 0.3 is 5.97 Å². The summed E-state index contributed by atoms with van der Waals surface area (Å²) >= 11 is 1.09. The number of nitrogens with two attached hydrogens (primary N) is 1. The van der Waals surface area contributed by atoms with E-state index in [0.29, 0.717) is 20.7 Å². The van der Waals surface area contributed by atoms with Crippen molar-refractivity contribution in [1.82, 2.24) is 4.57 Å². The molecule has 0 spiro atoms. The average molecular weight is 409 g/mol. The Morgan fingerprint density at radius 2 is 2.14 bits per heavy atom. The van der Waals surface area contributed by atoms with Gasteiger partial charge in [-0.05, 0) is 31.2 Å². The molecular formula is C20H15N3O5S. The number of hydrogen-bond acceptors (Lipinski definition) is 8. The minimum atomic E-state index is -0.872. The van der Waals surface area contributed by atoms with Crippen LogP contribution in [0.3, 0.4) is 0 Å². The largest absolute Gasteiger partial charge is 0.468 e. The molecule has 1 atom stereocenters. The smallest absolute Gasteiger partial charge is 0.338 e. The van der Waals surface area contributed by atoms with E-state index >= 15 is 0 Å². The summed E-state index contributed by atoms with van der Waals surface area (Å²) in [5.74, 6) is -0.825. The van der Waals surface area contributed by atoms with E-state index in [0.717, 1.165) is 11.3 Å². The summed E-state index contributed by atoms with van der Waals surface area (Å²) in [6, 6.07) is 8.81. The molecule has 0 saturated carbocycles. The van der Waals surface area contributed by atoms with Gasteiger partial charge in [0.25, 0.3) is 5.56 Å². The number of thiazole rings is 1. The highest BCUT2D eigenvalue weighted by molar-refractivity contribution is 7.07. The zero-order chi connectivity index (χ0) is 20.5. The van der Waals surface area contributed by atoms with Crippen LogP contribution in [0.25, 0.3) is 17.5 Å². The van der Waals surface area contributed by atoms with E-state index in [1.807, 2.05) is 0 Å². The van der Waals surface area contributed by atoms with Crippen LogP contribution in [0.5, 0.6) is 0 Å². The van der Waals surface area contributed by atoms with Crippen LogP contribution in [0.2, 0.25) is 0 Å². The third kappa shape index (κ3) is 2.99. The van der Waals surface area contributed by atoms with Crippen molar-refractivity contribution in [2.45, 2.75) is 12.8 Å². The first-order chi connectivity index (χ1) is 14.1. The number of furan rings is 2. The van der Waals surface area contributed by atoms with Gasteiger partial charge < -0.3 is 19.3 Å². The first kappa shape index (κ1) is 18.6. The number of fused-ring (bicyclic) bond motifs is 1. The number of rotatable bonds is 4. The van der Waals surface area contributed by atoms with E-state index in [-0.39, 0.29) is 23.6 Å². The predicted molar refractivity (Wildman–Crippen MR) is 105 cm³/mol. The Morgan fingerprint density at radius 3 is 2.76 bits per heavy atom. The maximum absolute atomic E-state index is 13.0. The number of nitrogens with zero attached hydrogens (tertiary/aromatic N) is 2. The lowest BCUT2D eigenvalue weighted by molar-refractivity contribution is -0.138. The van der Waals surface area contributed by atoms with Gasteiger partial charge in [-0.2, -0.15) is 5.26 Å². The molecule has 4 rings (SSSR count). The van der Waals surface area contributed by atoms with Gasteiger partial charge in [-0.1, -0.05) is 0 Å². The summed E-state index contributed by atoms with van der Waals surface area (Å²) < 4.78 is 17.7. The number of ether oxygens (including phenoxy) is 1. The van der Waals surface area contributed by atoms with E-state index in [4.69, 9.17) is 19.3 Å². The summed E-state index contributed by atoms with van der Waals surface area (Å²) in [5.41, 5.74) is 5.99. The maximum Gasteiger partial charge on any atom is 0.338 e. The molecule has 8 nitrogen and oxygen atoms in total. The van der Waals surface area contributed by atoms with Gasteiger partial charge in [0.05, 0.1) is 46.8 Å². The van der Waals surface area contributed by atoms with Crippen molar-refractivity contribution < 1.29 is 18.4 Å². The van der Waals surface area contributed by atoms with Gasteiger partial charge in [-0.3, -0.25) is 9.36 Å². The number of aromatic nitrogens is 1. The fourth-order valence-electron chi connectivity index (χ4n) is 3.20. The molecule has 0 aliphatic carbocycles. The van der Waals surface area contributed by atoms with Gasteiger partial charge in [0.1, 0.15) is 22.0 Å². The minimum absolute atomic E-state index is 0.00435. The number of carbonyl (C=O) groups is 1. The molecule has 1 aliphatic rings. The Balaban J connectivity index is 2.08. The van der Waals surface area contributed by atoms with Crippen LogP contribution in [0.4, 0.5) is 0 Å². The molecule has 0 saturated heterocycles. The van der Waals surface area contributed by atoms with Gasteiger partial charge in [-0.15, -0.1) is 11.3 Å². The predicted octanol–water partition coefficient (Wildman–Crippen LogP) is 1.09. The minimum Gasteiger partial charge on any atom is -0.468 e. The number of nitriles is 1. The summed E-state index contributed by atoms with van der Waals surface area (Å²) in [6.45, 7) is 1.78. The molecule has 0 fully saturated rings. The lowest BCUT2D eigenvalue weighted by Gasteiger charge is -2.23. The summed E-state index contributed by atoms with van der Waals surface area (Å²) in [7, 11) is 0. The third-order valence-corrected chi connectivity index (χ3v) is 5.52. The summed E-state index contributed by atoms with van der Waals surface area (Å²) in [6.07, 6.45) is 4.49. The molecule has 1 unspecified atom stereocenters. The fraction of sp³-hybridized carbons (Fsp3) is 0.150. The quantitative estimate of drug-likeness (QED) is 0.640. The van der Waals surface area contributed by atoms with E-state index in [9.17, 15) is 14.9 Å². The van der Waals surface area contributed by atoms with Crippen LogP contribution < -0.4 is 20.5 Å². The van der Waals surface area contributed by atoms with Gasteiger partial charge in [-0.25, -0.2) is 4.79 Å². The topological polar surface area (TPSA) is 124 Å². The zero-order valence-corrected chi connectivity index (χ0v) is 16.1. The third-order valence-electron chi connectivity index (χ3n) is 4.41. The lowest BCUT2D eigenvalue weighted by atomic mass is 9.88. The Labute approximate surface area is 168 Å². The molecule has 3 aromatic rings. The molecule has 3 aromatic heterocycles. The monoisotopic (exact) mass is 409 g/mol. The van der Waals surface area contributed by atoms with Crippen molar-refractivity contribution in [1.29, 1.82) is 5.26 Å². The molecule has 29 heavy (non-hydrogen) atoms. The second-order valence-corrected chi connectivity index (χ2v) is 7.10. The Morgan fingerprint density at radius 1 is 1.38 bits per heavy atom.